The molecule has 5 nitrogen and oxygen atoms in total. The van der Waals surface area contributed by atoms with Crippen LogP contribution in [-0.4, -0.2) is 14.3 Å². The number of carbonyl (C=O) groups excluding carboxylic acids is 1. The predicted octanol–water partition coefficient (Wildman–Crippen LogP) is 3.03. The largest absolute Gasteiger partial charge is 0.324 e. The van der Waals surface area contributed by atoms with E-state index in [2.05, 4.69) is 10.0 Å². The fraction of sp³-hybridized carbons (Fsp3) is 0.133. The number of nitrogens with one attached hydrogen (secondary N) is 2. The molecule has 0 aliphatic carbocycles. The average molecular weight is 340 g/mol. The van der Waals surface area contributed by atoms with Crippen LogP contribution in [0.15, 0.2) is 41.3 Å². The number of carbonyl (C=O) groups is 1. The van der Waals surface area contributed by atoms with Crippen LogP contribution >= 0.6 is 0 Å². The molecule has 2 N–H and O–H groups in total. The van der Waals surface area contributed by atoms with Gasteiger partial charge in [0.15, 0.2) is 0 Å². The Morgan fingerprint density at radius 3 is 2.35 bits per heavy atom. The van der Waals surface area contributed by atoms with Crippen molar-refractivity contribution in [1.82, 2.24) is 0 Å². The summed E-state index contributed by atoms with van der Waals surface area (Å²) in [6.07, 6.45) is 0. The maximum atomic E-state index is 13.5. The number of amides is 1. The molecule has 0 unspecified atom stereocenters. The lowest BCUT2D eigenvalue weighted by molar-refractivity contribution is -0.114. The van der Waals surface area contributed by atoms with Crippen molar-refractivity contribution < 1.29 is 22.0 Å². The Hall–Kier alpha value is -2.48. The summed E-state index contributed by atoms with van der Waals surface area (Å²) in [5, 5.41) is 2.25. The molecule has 0 radical (unpaired) electrons. The number of halogens is 2. The van der Waals surface area contributed by atoms with Crippen molar-refractivity contribution in [2.45, 2.75) is 18.7 Å². The van der Waals surface area contributed by atoms with E-state index in [1.54, 1.807) is 0 Å². The minimum absolute atomic E-state index is 0.0381. The van der Waals surface area contributed by atoms with Gasteiger partial charge in [0.2, 0.25) is 5.91 Å². The second kappa shape index (κ2) is 6.33. The molecule has 0 spiro atoms. The summed E-state index contributed by atoms with van der Waals surface area (Å²) in [5.41, 5.74) is 0.197. The van der Waals surface area contributed by atoms with Crippen molar-refractivity contribution in [2.24, 2.45) is 0 Å². The van der Waals surface area contributed by atoms with Gasteiger partial charge in [0.05, 0.1) is 16.3 Å². The number of hydrogen-bond donors (Lipinski definition) is 2. The standard InChI is InChI=1S/C15H14F2N2O3S/c1-9-3-5-12(8-14(9)17)23(21,22)19-11-4-6-13(16)15(7-11)18-10(2)20/h3-8,19H,1-2H3,(H,18,20). The normalized spacial score (nSPS) is 11.1. The van der Waals surface area contributed by atoms with Crippen molar-refractivity contribution in [3.63, 3.8) is 0 Å². The number of anilines is 2. The first-order valence-corrected chi connectivity index (χ1v) is 8.03. The lowest BCUT2D eigenvalue weighted by Crippen LogP contribution is -2.14. The van der Waals surface area contributed by atoms with Crippen molar-refractivity contribution in [2.75, 3.05) is 10.0 Å². The molecule has 1 amide bonds. The highest BCUT2D eigenvalue weighted by Gasteiger charge is 2.17. The van der Waals surface area contributed by atoms with Crippen LogP contribution in [0.5, 0.6) is 0 Å². The van der Waals surface area contributed by atoms with Gasteiger partial charge in [-0.3, -0.25) is 9.52 Å². The first kappa shape index (κ1) is 16.9. The zero-order chi connectivity index (χ0) is 17.2. The molecule has 0 saturated carbocycles. The monoisotopic (exact) mass is 340 g/mol. The van der Waals surface area contributed by atoms with Gasteiger partial charge in [-0.2, -0.15) is 0 Å². The summed E-state index contributed by atoms with van der Waals surface area (Å²) in [4.78, 5) is 10.7. The third kappa shape index (κ3) is 4.04. The number of rotatable bonds is 4. The highest BCUT2D eigenvalue weighted by atomic mass is 32.2. The van der Waals surface area contributed by atoms with Crippen LogP contribution in [0.1, 0.15) is 12.5 Å². The fourth-order valence-corrected chi connectivity index (χ4v) is 2.89. The van der Waals surface area contributed by atoms with E-state index in [4.69, 9.17) is 0 Å². The van der Waals surface area contributed by atoms with Crippen LogP contribution in [-0.2, 0) is 14.8 Å². The molecule has 0 heterocycles. The van der Waals surface area contributed by atoms with Crippen LogP contribution in [0, 0.1) is 18.6 Å². The van der Waals surface area contributed by atoms with Gasteiger partial charge in [0.1, 0.15) is 11.6 Å². The van der Waals surface area contributed by atoms with Crippen molar-refractivity contribution in [1.29, 1.82) is 0 Å². The van der Waals surface area contributed by atoms with Crippen LogP contribution in [0.4, 0.5) is 20.2 Å². The highest BCUT2D eigenvalue weighted by Crippen LogP contribution is 2.23. The molecule has 2 aromatic carbocycles. The average Bonchev–Trinajstić information content (AvgIpc) is 2.44. The third-order valence-electron chi connectivity index (χ3n) is 2.98. The number of sulfonamides is 1. The van der Waals surface area contributed by atoms with Gasteiger partial charge < -0.3 is 5.32 Å². The molecule has 0 aliphatic heterocycles. The molecule has 0 bridgehead atoms. The zero-order valence-corrected chi connectivity index (χ0v) is 13.2. The second-order valence-corrected chi connectivity index (χ2v) is 6.57. The molecular weight excluding hydrogens is 326 g/mol. The molecular formula is C15H14F2N2O3S. The summed E-state index contributed by atoms with van der Waals surface area (Å²) >= 11 is 0. The van der Waals surface area contributed by atoms with Crippen molar-refractivity contribution in [3.05, 3.63) is 53.6 Å². The van der Waals surface area contributed by atoms with E-state index < -0.39 is 27.6 Å². The first-order valence-electron chi connectivity index (χ1n) is 6.55. The van der Waals surface area contributed by atoms with Crippen molar-refractivity contribution >= 4 is 27.3 Å². The van der Waals surface area contributed by atoms with Crippen LogP contribution in [0.2, 0.25) is 0 Å². The smallest absolute Gasteiger partial charge is 0.261 e. The summed E-state index contributed by atoms with van der Waals surface area (Å²) in [6, 6.07) is 6.85. The number of benzene rings is 2. The molecule has 23 heavy (non-hydrogen) atoms. The number of hydrogen-bond acceptors (Lipinski definition) is 3. The maximum Gasteiger partial charge on any atom is 0.261 e. The van der Waals surface area contributed by atoms with Gasteiger partial charge in [-0.25, -0.2) is 17.2 Å². The van der Waals surface area contributed by atoms with Crippen LogP contribution in [0.3, 0.4) is 0 Å². The topological polar surface area (TPSA) is 75.3 Å². The Bertz CT molecular complexity index is 867. The van der Waals surface area contributed by atoms with E-state index in [-0.39, 0.29) is 16.3 Å². The lowest BCUT2D eigenvalue weighted by atomic mass is 10.2. The Morgan fingerprint density at radius 2 is 1.74 bits per heavy atom. The molecule has 0 saturated heterocycles. The summed E-state index contributed by atoms with van der Waals surface area (Å²) in [6.45, 7) is 2.71. The Kier molecular flexibility index (Phi) is 4.65. The molecule has 122 valence electrons. The SMILES string of the molecule is CC(=O)Nc1cc(NS(=O)(=O)c2ccc(C)c(F)c2)ccc1F. The minimum Gasteiger partial charge on any atom is -0.324 e. The lowest BCUT2D eigenvalue weighted by Gasteiger charge is -2.11. The van der Waals surface area contributed by atoms with Gasteiger partial charge in [-0.15, -0.1) is 0 Å². The van der Waals surface area contributed by atoms with Gasteiger partial charge in [0.25, 0.3) is 10.0 Å². The molecule has 0 aromatic heterocycles. The Labute approximate surface area is 132 Å². The molecule has 8 heteroatoms. The Morgan fingerprint density at radius 1 is 1.04 bits per heavy atom. The van der Waals surface area contributed by atoms with E-state index in [1.165, 1.54) is 32.0 Å². The van der Waals surface area contributed by atoms with Gasteiger partial charge >= 0.3 is 0 Å². The summed E-state index contributed by atoms with van der Waals surface area (Å²) in [7, 11) is -4.04. The van der Waals surface area contributed by atoms with E-state index in [0.29, 0.717) is 5.56 Å². The van der Waals surface area contributed by atoms with Crippen LogP contribution < -0.4 is 10.0 Å². The van der Waals surface area contributed by atoms with Gasteiger partial charge in [-0.05, 0) is 42.8 Å². The van der Waals surface area contributed by atoms with E-state index in [9.17, 15) is 22.0 Å². The quantitative estimate of drug-likeness (QED) is 0.898. The van der Waals surface area contributed by atoms with Crippen molar-refractivity contribution in [3.8, 4) is 0 Å². The molecule has 0 fully saturated rings. The van der Waals surface area contributed by atoms with Crippen LogP contribution in [0.25, 0.3) is 0 Å². The zero-order valence-electron chi connectivity index (χ0n) is 12.4. The maximum absolute atomic E-state index is 13.5. The first-order chi connectivity index (χ1) is 10.7. The van der Waals surface area contributed by atoms with E-state index in [0.717, 1.165) is 18.2 Å². The molecule has 0 aliphatic rings. The van der Waals surface area contributed by atoms with Gasteiger partial charge in [0, 0.05) is 6.92 Å². The third-order valence-corrected chi connectivity index (χ3v) is 4.36. The summed E-state index contributed by atoms with van der Waals surface area (Å²) < 4.78 is 53.7. The highest BCUT2D eigenvalue weighted by molar-refractivity contribution is 7.92. The van der Waals surface area contributed by atoms with Gasteiger partial charge in [-0.1, -0.05) is 6.07 Å². The Balaban J connectivity index is 2.33. The molecule has 0 atom stereocenters. The number of aryl methyl sites for hydroxylation is 1. The van der Waals surface area contributed by atoms with E-state index in [1.807, 2.05) is 0 Å². The second-order valence-electron chi connectivity index (χ2n) is 4.89. The summed E-state index contributed by atoms with van der Waals surface area (Å²) in [5.74, 6) is -1.85. The predicted molar refractivity (Wildman–Crippen MR) is 82.6 cm³/mol. The molecule has 2 rings (SSSR count). The molecule has 2 aromatic rings. The fourth-order valence-electron chi connectivity index (χ4n) is 1.83. The minimum atomic E-state index is -4.04. The van der Waals surface area contributed by atoms with E-state index >= 15 is 0 Å².